The van der Waals surface area contributed by atoms with Crippen LogP contribution < -0.4 is 20.5 Å². The third-order valence-electron chi connectivity index (χ3n) is 5.16. The maximum Gasteiger partial charge on any atom is 0.150 e. The van der Waals surface area contributed by atoms with Gasteiger partial charge in [-0.05, 0) is 42.0 Å². The molecule has 0 radical (unpaired) electrons. The molecule has 0 saturated heterocycles. The molecular formula is C24H27N5O3. The van der Waals surface area contributed by atoms with Crippen LogP contribution in [0.15, 0.2) is 61.1 Å². The van der Waals surface area contributed by atoms with Crippen molar-refractivity contribution in [2.24, 2.45) is 0 Å². The Hall–Kier alpha value is -3.62. The zero-order valence-corrected chi connectivity index (χ0v) is 18.2. The van der Waals surface area contributed by atoms with E-state index in [1.54, 1.807) is 14.2 Å². The van der Waals surface area contributed by atoms with Gasteiger partial charge in [0.05, 0.1) is 19.1 Å². The highest BCUT2D eigenvalue weighted by molar-refractivity contribution is 6.01. The summed E-state index contributed by atoms with van der Waals surface area (Å²) in [6, 6.07) is 15.8. The second kappa shape index (κ2) is 10.1. The SMILES string of the molecule is COCCNCCOc1ccc(-n2cc(-c3ccc(OC)cc3)c3c(N)ncnc32)cc1. The highest BCUT2D eigenvalue weighted by Gasteiger charge is 2.16. The molecule has 0 amide bonds. The molecule has 166 valence electrons. The minimum absolute atomic E-state index is 0.445. The second-order valence-corrected chi connectivity index (χ2v) is 7.18. The van der Waals surface area contributed by atoms with Crippen LogP contribution in [0.3, 0.4) is 0 Å². The molecule has 8 nitrogen and oxygen atoms in total. The smallest absolute Gasteiger partial charge is 0.150 e. The lowest BCUT2D eigenvalue weighted by Crippen LogP contribution is -2.24. The lowest BCUT2D eigenvalue weighted by atomic mass is 10.1. The monoisotopic (exact) mass is 433 g/mol. The molecule has 0 bridgehead atoms. The van der Waals surface area contributed by atoms with Gasteiger partial charge in [0.15, 0.2) is 5.65 Å². The van der Waals surface area contributed by atoms with Crippen LogP contribution in [0.25, 0.3) is 27.8 Å². The van der Waals surface area contributed by atoms with Crippen LogP contribution >= 0.6 is 0 Å². The first-order chi connectivity index (χ1) is 15.7. The van der Waals surface area contributed by atoms with Crippen molar-refractivity contribution in [1.82, 2.24) is 19.9 Å². The summed E-state index contributed by atoms with van der Waals surface area (Å²) in [5.41, 5.74) is 9.92. The number of nitrogens with one attached hydrogen (secondary N) is 1. The summed E-state index contributed by atoms with van der Waals surface area (Å²) in [6.07, 6.45) is 3.52. The number of nitrogens with two attached hydrogens (primary N) is 1. The van der Waals surface area contributed by atoms with E-state index >= 15 is 0 Å². The summed E-state index contributed by atoms with van der Waals surface area (Å²) in [4.78, 5) is 8.71. The first-order valence-electron chi connectivity index (χ1n) is 10.4. The zero-order chi connectivity index (χ0) is 22.3. The summed E-state index contributed by atoms with van der Waals surface area (Å²) in [7, 11) is 3.34. The van der Waals surface area contributed by atoms with Gasteiger partial charge in [-0.3, -0.25) is 0 Å². The molecule has 0 spiro atoms. The Morgan fingerprint density at radius 3 is 2.34 bits per heavy atom. The number of nitrogens with zero attached hydrogens (tertiary/aromatic N) is 3. The Labute approximate surface area is 187 Å². The summed E-state index contributed by atoms with van der Waals surface area (Å²) >= 11 is 0. The molecule has 0 unspecified atom stereocenters. The normalized spacial score (nSPS) is 11.1. The molecule has 0 saturated carbocycles. The van der Waals surface area contributed by atoms with Gasteiger partial charge in [0.1, 0.15) is 30.3 Å². The van der Waals surface area contributed by atoms with Crippen LogP contribution in [0.2, 0.25) is 0 Å². The average Bonchev–Trinajstić information content (AvgIpc) is 3.23. The predicted octanol–water partition coefficient (Wildman–Crippen LogP) is 3.29. The fourth-order valence-corrected chi connectivity index (χ4v) is 3.51. The number of anilines is 1. The molecule has 2 aromatic carbocycles. The topological polar surface area (TPSA) is 96.5 Å². The van der Waals surface area contributed by atoms with Crippen LogP contribution in [0.4, 0.5) is 5.82 Å². The maximum atomic E-state index is 6.24. The molecule has 2 aromatic heterocycles. The van der Waals surface area contributed by atoms with Crippen LogP contribution in [0.1, 0.15) is 0 Å². The van der Waals surface area contributed by atoms with Crippen molar-refractivity contribution in [1.29, 1.82) is 0 Å². The molecular weight excluding hydrogens is 406 g/mol. The number of fused-ring (bicyclic) bond motifs is 1. The Bertz CT molecular complexity index is 1160. The van der Waals surface area contributed by atoms with Gasteiger partial charge in [0.2, 0.25) is 0 Å². The molecule has 4 rings (SSSR count). The van der Waals surface area contributed by atoms with Crippen molar-refractivity contribution in [2.75, 3.05) is 46.3 Å². The Morgan fingerprint density at radius 2 is 1.62 bits per heavy atom. The predicted molar refractivity (Wildman–Crippen MR) is 126 cm³/mol. The first-order valence-corrected chi connectivity index (χ1v) is 10.4. The Kier molecular flexibility index (Phi) is 6.84. The molecule has 0 aliphatic heterocycles. The van der Waals surface area contributed by atoms with Crippen molar-refractivity contribution in [3.63, 3.8) is 0 Å². The largest absolute Gasteiger partial charge is 0.497 e. The average molecular weight is 434 g/mol. The third kappa shape index (κ3) is 4.66. The standard InChI is InChI=1S/C24H27N5O3/c1-30-13-11-26-12-14-32-20-9-5-18(6-10-20)29-15-21(17-3-7-19(31-2)8-4-17)22-23(25)27-16-28-24(22)29/h3-10,15-16,26H,11-14H2,1-2H3,(H2,25,27,28). The molecule has 2 heterocycles. The summed E-state index contributed by atoms with van der Waals surface area (Å²) in [5, 5.41) is 4.08. The number of methoxy groups -OCH3 is 2. The highest BCUT2D eigenvalue weighted by atomic mass is 16.5. The maximum absolute atomic E-state index is 6.24. The van der Waals surface area contributed by atoms with Gasteiger partial charge in [-0.2, -0.15) is 0 Å². The van der Waals surface area contributed by atoms with Gasteiger partial charge in [-0.1, -0.05) is 12.1 Å². The molecule has 0 atom stereocenters. The minimum atomic E-state index is 0.445. The second-order valence-electron chi connectivity index (χ2n) is 7.18. The fraction of sp³-hybridized carbons (Fsp3) is 0.250. The van der Waals surface area contributed by atoms with Crippen molar-refractivity contribution in [3.05, 3.63) is 61.1 Å². The van der Waals surface area contributed by atoms with E-state index in [1.807, 2.05) is 59.3 Å². The van der Waals surface area contributed by atoms with Gasteiger partial charge < -0.3 is 29.8 Å². The minimum Gasteiger partial charge on any atom is -0.497 e. The molecule has 0 aliphatic carbocycles. The van der Waals surface area contributed by atoms with Gasteiger partial charge in [-0.25, -0.2) is 9.97 Å². The number of benzene rings is 2. The van der Waals surface area contributed by atoms with E-state index < -0.39 is 0 Å². The Balaban J connectivity index is 1.58. The fourth-order valence-electron chi connectivity index (χ4n) is 3.51. The quantitative estimate of drug-likeness (QED) is 0.371. The number of rotatable bonds is 10. The van der Waals surface area contributed by atoms with Crippen molar-refractivity contribution in [3.8, 4) is 28.3 Å². The lowest BCUT2D eigenvalue weighted by molar-refractivity contribution is 0.197. The molecule has 8 heteroatoms. The number of hydrogen-bond acceptors (Lipinski definition) is 7. The van der Waals surface area contributed by atoms with E-state index in [9.17, 15) is 0 Å². The van der Waals surface area contributed by atoms with Crippen LogP contribution in [0.5, 0.6) is 11.5 Å². The van der Waals surface area contributed by atoms with E-state index in [0.717, 1.165) is 52.4 Å². The van der Waals surface area contributed by atoms with Gasteiger partial charge in [0, 0.05) is 37.6 Å². The van der Waals surface area contributed by atoms with Crippen LogP contribution in [-0.4, -0.2) is 55.1 Å². The molecule has 32 heavy (non-hydrogen) atoms. The van der Waals surface area contributed by atoms with E-state index in [4.69, 9.17) is 19.9 Å². The van der Waals surface area contributed by atoms with Crippen LogP contribution in [-0.2, 0) is 4.74 Å². The lowest BCUT2D eigenvalue weighted by Gasteiger charge is -2.09. The number of aromatic nitrogens is 3. The summed E-state index contributed by atoms with van der Waals surface area (Å²) in [5.74, 6) is 2.05. The summed E-state index contributed by atoms with van der Waals surface area (Å²) in [6.45, 7) is 2.84. The molecule has 0 aliphatic rings. The van der Waals surface area contributed by atoms with Gasteiger partial charge in [-0.15, -0.1) is 0 Å². The van der Waals surface area contributed by atoms with E-state index in [2.05, 4.69) is 15.3 Å². The molecule has 0 fully saturated rings. The number of ether oxygens (including phenoxy) is 3. The zero-order valence-electron chi connectivity index (χ0n) is 18.2. The van der Waals surface area contributed by atoms with Gasteiger partial charge in [0.25, 0.3) is 0 Å². The number of nitrogen functional groups attached to an aromatic ring is 1. The van der Waals surface area contributed by atoms with E-state index in [0.29, 0.717) is 19.0 Å². The highest BCUT2D eigenvalue weighted by Crippen LogP contribution is 2.35. The van der Waals surface area contributed by atoms with E-state index in [1.165, 1.54) is 6.33 Å². The number of hydrogen-bond donors (Lipinski definition) is 2. The van der Waals surface area contributed by atoms with Crippen molar-refractivity contribution in [2.45, 2.75) is 0 Å². The molecule has 4 aromatic rings. The molecule has 3 N–H and O–H groups in total. The van der Waals surface area contributed by atoms with Crippen molar-refractivity contribution < 1.29 is 14.2 Å². The summed E-state index contributed by atoms with van der Waals surface area (Å²) < 4.78 is 18.1. The Morgan fingerprint density at radius 1 is 0.906 bits per heavy atom. The van der Waals surface area contributed by atoms with Crippen LogP contribution in [0, 0.1) is 0 Å². The third-order valence-corrected chi connectivity index (χ3v) is 5.16. The van der Waals surface area contributed by atoms with Crippen molar-refractivity contribution >= 4 is 16.9 Å². The first kappa shape index (κ1) is 21.6. The van der Waals surface area contributed by atoms with E-state index in [-0.39, 0.29) is 0 Å². The van der Waals surface area contributed by atoms with Gasteiger partial charge >= 0.3 is 0 Å².